The zero-order valence-electron chi connectivity index (χ0n) is 22.6. The standard InChI is InChI=1S/C36H26F4N2/c37-23-7-11-33-29(17-23)30-18-24(38)8-12-34(30)41(33)27-5-1-3-21(15-27)22-4-2-6-28(16-22)42-35-13-9-25(39)19-31(35)32-20-26(40)10-14-36(32)42/h1,3,5-19,26,31,35H,2,4,20H2. The summed E-state index contributed by atoms with van der Waals surface area (Å²) in [7, 11) is 0. The average molecular weight is 563 g/mol. The summed E-state index contributed by atoms with van der Waals surface area (Å²) in [5.41, 5.74) is 7.62. The number of aromatic nitrogens is 1. The van der Waals surface area contributed by atoms with Gasteiger partial charge < -0.3 is 9.47 Å². The molecule has 0 saturated heterocycles. The molecule has 1 aromatic heterocycles. The Morgan fingerprint density at radius 2 is 1.57 bits per heavy atom. The van der Waals surface area contributed by atoms with Gasteiger partial charge in [-0.2, -0.15) is 0 Å². The van der Waals surface area contributed by atoms with E-state index in [1.807, 2.05) is 28.9 Å². The van der Waals surface area contributed by atoms with Gasteiger partial charge in [0.1, 0.15) is 23.6 Å². The van der Waals surface area contributed by atoms with Crippen LogP contribution in [0.25, 0.3) is 33.1 Å². The van der Waals surface area contributed by atoms with Gasteiger partial charge in [0.05, 0.1) is 17.1 Å². The Labute approximate surface area is 240 Å². The molecule has 3 unspecified atom stereocenters. The van der Waals surface area contributed by atoms with Gasteiger partial charge in [0.2, 0.25) is 0 Å². The van der Waals surface area contributed by atoms with E-state index in [1.54, 1.807) is 24.3 Å². The smallest absolute Gasteiger partial charge is 0.123 e. The minimum absolute atomic E-state index is 0.101. The van der Waals surface area contributed by atoms with E-state index in [0.29, 0.717) is 10.8 Å². The third-order valence-electron chi connectivity index (χ3n) is 8.86. The molecular formula is C36H26F4N2. The third kappa shape index (κ3) is 3.92. The summed E-state index contributed by atoms with van der Waals surface area (Å²) >= 11 is 0. The van der Waals surface area contributed by atoms with Crippen LogP contribution in [0, 0.1) is 17.6 Å². The topological polar surface area (TPSA) is 8.17 Å². The van der Waals surface area contributed by atoms with Gasteiger partial charge in [-0.15, -0.1) is 0 Å². The summed E-state index contributed by atoms with van der Waals surface area (Å²) in [6, 6.07) is 17.3. The van der Waals surface area contributed by atoms with Crippen molar-refractivity contribution in [1.82, 2.24) is 9.47 Å². The number of hydrogen-bond acceptors (Lipinski definition) is 1. The van der Waals surface area contributed by atoms with E-state index in [-0.39, 0.29) is 35.8 Å². The Balaban J connectivity index is 1.21. The van der Waals surface area contributed by atoms with Crippen LogP contribution in [0.3, 0.4) is 0 Å². The van der Waals surface area contributed by atoms with E-state index >= 15 is 0 Å². The van der Waals surface area contributed by atoms with Crippen molar-refractivity contribution in [2.24, 2.45) is 5.92 Å². The highest BCUT2D eigenvalue weighted by Crippen LogP contribution is 2.47. The maximum absolute atomic E-state index is 14.4. The fourth-order valence-corrected chi connectivity index (χ4v) is 7.06. The van der Waals surface area contributed by atoms with E-state index in [1.165, 1.54) is 30.3 Å². The maximum Gasteiger partial charge on any atom is 0.123 e. The monoisotopic (exact) mass is 562 g/mol. The Morgan fingerprint density at radius 3 is 2.33 bits per heavy atom. The van der Waals surface area contributed by atoms with Crippen LogP contribution in [0.2, 0.25) is 0 Å². The largest absolute Gasteiger partial charge is 0.334 e. The van der Waals surface area contributed by atoms with Crippen LogP contribution in [0.4, 0.5) is 17.6 Å². The molecule has 6 heteroatoms. The molecule has 3 aromatic carbocycles. The molecular weight excluding hydrogens is 536 g/mol. The van der Waals surface area contributed by atoms with Crippen molar-refractivity contribution in [2.45, 2.75) is 31.5 Å². The minimum atomic E-state index is -1.06. The number of benzene rings is 3. The number of rotatable bonds is 3. The molecule has 3 atom stereocenters. The van der Waals surface area contributed by atoms with Gasteiger partial charge in [-0.3, -0.25) is 0 Å². The molecule has 4 aliphatic rings. The quantitative estimate of drug-likeness (QED) is 0.226. The zero-order chi connectivity index (χ0) is 28.5. The Morgan fingerprint density at radius 1 is 0.810 bits per heavy atom. The molecule has 1 aliphatic heterocycles. The first-order chi connectivity index (χ1) is 20.4. The number of fused-ring (bicyclic) bond motifs is 5. The minimum Gasteiger partial charge on any atom is -0.334 e. The highest BCUT2D eigenvalue weighted by molar-refractivity contribution is 6.09. The SMILES string of the molecule is FC1=CC2C3=C(C=CC(F)C3)N(C3=CCCC(c4cccc(-n5c6ccc(F)cc6c6cc(F)ccc65)c4)=C3)C2C=C1. The molecule has 2 nitrogen and oxygen atoms in total. The second-order valence-corrected chi connectivity index (χ2v) is 11.3. The average Bonchev–Trinajstić information content (AvgIpc) is 3.48. The lowest BCUT2D eigenvalue weighted by Gasteiger charge is -2.33. The van der Waals surface area contributed by atoms with Crippen LogP contribution in [-0.2, 0) is 0 Å². The molecule has 4 aromatic rings. The number of nitrogens with zero attached hydrogens (tertiary/aromatic N) is 2. The van der Waals surface area contributed by atoms with Gasteiger partial charge in [0.15, 0.2) is 0 Å². The summed E-state index contributed by atoms with van der Waals surface area (Å²) in [5, 5.41) is 1.32. The first-order valence-corrected chi connectivity index (χ1v) is 14.3. The van der Waals surface area contributed by atoms with Crippen molar-refractivity contribution in [3.05, 3.63) is 143 Å². The predicted molar refractivity (Wildman–Crippen MR) is 159 cm³/mol. The highest BCUT2D eigenvalue weighted by Gasteiger charge is 2.42. The van der Waals surface area contributed by atoms with Crippen molar-refractivity contribution < 1.29 is 17.6 Å². The molecule has 3 aliphatic carbocycles. The van der Waals surface area contributed by atoms with E-state index in [0.717, 1.165) is 57.7 Å². The van der Waals surface area contributed by atoms with E-state index in [2.05, 4.69) is 29.2 Å². The maximum atomic E-state index is 14.4. The van der Waals surface area contributed by atoms with E-state index in [9.17, 15) is 17.6 Å². The second kappa shape index (κ2) is 9.48. The van der Waals surface area contributed by atoms with Crippen LogP contribution >= 0.6 is 0 Å². The van der Waals surface area contributed by atoms with E-state index < -0.39 is 6.17 Å². The summed E-state index contributed by atoms with van der Waals surface area (Å²) in [5.74, 6) is -1.21. The zero-order valence-corrected chi connectivity index (χ0v) is 22.6. The van der Waals surface area contributed by atoms with Crippen molar-refractivity contribution in [3.8, 4) is 5.69 Å². The van der Waals surface area contributed by atoms with Gasteiger partial charge >= 0.3 is 0 Å². The van der Waals surface area contributed by atoms with E-state index in [4.69, 9.17) is 0 Å². The highest BCUT2D eigenvalue weighted by atomic mass is 19.1. The number of halogens is 4. The fraction of sp³-hybridized carbons (Fsp3) is 0.167. The fourth-order valence-electron chi connectivity index (χ4n) is 7.06. The van der Waals surface area contributed by atoms with Gasteiger partial charge in [-0.05, 0) is 108 Å². The second-order valence-electron chi connectivity index (χ2n) is 11.3. The van der Waals surface area contributed by atoms with Crippen molar-refractivity contribution >= 4 is 27.4 Å². The molecule has 0 saturated carbocycles. The summed E-state index contributed by atoms with van der Waals surface area (Å²) < 4.78 is 59.1. The predicted octanol–water partition coefficient (Wildman–Crippen LogP) is 9.40. The van der Waals surface area contributed by atoms with Crippen molar-refractivity contribution in [2.75, 3.05) is 0 Å². The molecule has 208 valence electrons. The van der Waals surface area contributed by atoms with Crippen LogP contribution in [0.5, 0.6) is 0 Å². The third-order valence-corrected chi connectivity index (χ3v) is 8.86. The number of allylic oxidation sites excluding steroid dienone is 7. The molecule has 0 fully saturated rings. The molecule has 0 radical (unpaired) electrons. The van der Waals surface area contributed by atoms with Gasteiger partial charge in [0.25, 0.3) is 0 Å². The summed E-state index contributed by atoms with van der Waals surface area (Å²) in [6.45, 7) is 0. The van der Waals surface area contributed by atoms with Crippen LogP contribution in [0.1, 0.15) is 24.8 Å². The Bertz CT molecular complexity index is 1930. The first-order valence-electron chi connectivity index (χ1n) is 14.3. The molecule has 0 spiro atoms. The summed E-state index contributed by atoms with van der Waals surface area (Å²) in [6.07, 6.45) is 13.7. The lowest BCUT2D eigenvalue weighted by molar-refractivity contribution is 0.370. The van der Waals surface area contributed by atoms with Gasteiger partial charge in [0, 0.05) is 40.2 Å². The van der Waals surface area contributed by atoms with Crippen LogP contribution in [-0.4, -0.2) is 21.7 Å². The van der Waals surface area contributed by atoms with Crippen LogP contribution < -0.4 is 0 Å². The Kier molecular flexibility index (Phi) is 5.68. The normalized spacial score (nSPS) is 23.3. The lowest BCUT2D eigenvalue weighted by Crippen LogP contribution is -2.32. The first kappa shape index (κ1) is 25.2. The molecule has 0 bridgehead atoms. The van der Waals surface area contributed by atoms with Crippen molar-refractivity contribution in [3.63, 3.8) is 0 Å². The lowest BCUT2D eigenvalue weighted by atomic mass is 9.86. The van der Waals surface area contributed by atoms with Gasteiger partial charge in [-0.1, -0.05) is 24.3 Å². The Hall–Kier alpha value is -4.58. The molecule has 2 heterocycles. The number of hydrogen-bond donors (Lipinski definition) is 0. The summed E-state index contributed by atoms with van der Waals surface area (Å²) in [4.78, 5) is 2.22. The molecule has 0 amide bonds. The number of alkyl halides is 1. The van der Waals surface area contributed by atoms with Crippen LogP contribution in [0.15, 0.2) is 126 Å². The molecule has 42 heavy (non-hydrogen) atoms. The molecule has 8 rings (SSSR count). The van der Waals surface area contributed by atoms with Crippen molar-refractivity contribution in [1.29, 1.82) is 0 Å². The molecule has 0 N–H and O–H groups in total. The van der Waals surface area contributed by atoms with Gasteiger partial charge in [-0.25, -0.2) is 17.6 Å².